The van der Waals surface area contributed by atoms with Crippen molar-refractivity contribution in [3.63, 3.8) is 0 Å². The number of hydrogen-bond acceptors (Lipinski definition) is 3. The summed E-state index contributed by atoms with van der Waals surface area (Å²) in [6.45, 7) is 0. The lowest BCUT2D eigenvalue weighted by Crippen LogP contribution is -2.13. The highest BCUT2D eigenvalue weighted by atomic mass is 35.5. The van der Waals surface area contributed by atoms with E-state index in [4.69, 9.17) is 11.6 Å². The highest BCUT2D eigenvalue weighted by Crippen LogP contribution is 2.32. The average Bonchev–Trinajstić information content (AvgIpc) is 2.74. The van der Waals surface area contributed by atoms with Gasteiger partial charge in [0.1, 0.15) is 5.15 Å². The molecule has 0 fully saturated rings. The van der Waals surface area contributed by atoms with Gasteiger partial charge in [0.05, 0.1) is 34.2 Å². The van der Waals surface area contributed by atoms with Crippen molar-refractivity contribution in [2.24, 2.45) is 0 Å². The second kappa shape index (κ2) is 7.76. The van der Waals surface area contributed by atoms with Crippen molar-refractivity contribution < 1.29 is 18.0 Å². The fourth-order valence-corrected chi connectivity index (χ4v) is 3.11. The molecule has 4 nitrogen and oxygen atoms in total. The van der Waals surface area contributed by atoms with Crippen LogP contribution in [0.5, 0.6) is 0 Å². The van der Waals surface area contributed by atoms with Crippen molar-refractivity contribution in [2.45, 2.75) is 6.18 Å². The summed E-state index contributed by atoms with van der Waals surface area (Å²) >= 11 is 5.75. The third kappa shape index (κ3) is 4.11. The van der Waals surface area contributed by atoms with Crippen LogP contribution in [-0.2, 0) is 6.18 Å². The van der Waals surface area contributed by atoms with Gasteiger partial charge in [0, 0.05) is 10.9 Å². The number of nitrogens with one attached hydrogen (secondary N) is 1. The first-order valence-corrected chi connectivity index (χ1v) is 9.19. The van der Waals surface area contributed by atoms with Gasteiger partial charge in [-0.2, -0.15) is 13.2 Å². The van der Waals surface area contributed by atoms with Crippen LogP contribution < -0.4 is 5.32 Å². The fourth-order valence-electron chi connectivity index (χ4n) is 2.99. The molecule has 0 radical (unpaired) electrons. The van der Waals surface area contributed by atoms with Gasteiger partial charge in [-0.1, -0.05) is 41.9 Å². The number of halogens is 4. The van der Waals surface area contributed by atoms with Gasteiger partial charge in [-0.15, -0.1) is 0 Å². The van der Waals surface area contributed by atoms with Gasteiger partial charge < -0.3 is 5.32 Å². The van der Waals surface area contributed by atoms with E-state index >= 15 is 0 Å². The van der Waals surface area contributed by atoms with Crippen LogP contribution in [0.3, 0.4) is 0 Å². The topological polar surface area (TPSA) is 54.9 Å². The van der Waals surface area contributed by atoms with E-state index in [-0.39, 0.29) is 5.56 Å². The number of para-hydroxylation sites is 1. The number of aromatic nitrogens is 2. The number of fused-ring (bicyclic) bond motifs is 1. The Bertz CT molecular complexity index is 1240. The molecule has 0 bridgehead atoms. The van der Waals surface area contributed by atoms with Crippen LogP contribution in [0.4, 0.5) is 18.9 Å². The third-order valence-corrected chi connectivity index (χ3v) is 4.66. The fraction of sp³-hybridized carbons (Fsp3) is 0.0455. The molecule has 4 aromatic rings. The highest BCUT2D eigenvalue weighted by molar-refractivity contribution is 6.29. The van der Waals surface area contributed by atoms with Crippen molar-refractivity contribution in [2.75, 3.05) is 5.32 Å². The summed E-state index contributed by atoms with van der Waals surface area (Å²) in [6.07, 6.45) is -3.03. The van der Waals surface area contributed by atoms with E-state index in [1.54, 1.807) is 48.5 Å². The summed E-state index contributed by atoms with van der Waals surface area (Å²) in [4.78, 5) is 21.2. The van der Waals surface area contributed by atoms with Gasteiger partial charge in [-0.05, 0) is 36.4 Å². The van der Waals surface area contributed by atoms with Crippen molar-refractivity contribution in [3.05, 3.63) is 89.2 Å². The number of alkyl halides is 3. The molecule has 1 amide bonds. The highest BCUT2D eigenvalue weighted by Gasteiger charge is 2.30. The van der Waals surface area contributed by atoms with Crippen LogP contribution in [0, 0.1) is 0 Å². The summed E-state index contributed by atoms with van der Waals surface area (Å²) in [5, 5.41) is 3.70. The summed E-state index contributed by atoms with van der Waals surface area (Å²) in [5.74, 6) is -0.418. The van der Waals surface area contributed by atoms with Crippen molar-refractivity contribution in [1.29, 1.82) is 0 Å². The van der Waals surface area contributed by atoms with E-state index in [2.05, 4.69) is 15.3 Å². The summed E-state index contributed by atoms with van der Waals surface area (Å²) in [6, 6.07) is 16.5. The maximum atomic E-state index is 13.1. The van der Waals surface area contributed by atoms with E-state index in [1.165, 1.54) is 12.3 Å². The first-order chi connectivity index (χ1) is 14.3. The number of carbonyl (C=O) groups excluding carboxylic acids is 1. The molecular weight excluding hydrogens is 415 g/mol. The Balaban J connectivity index is 1.74. The SMILES string of the molecule is O=C(Nc1ccc(Cl)nc1)c1cccc2ccc(-c3cccc(C(F)(F)F)c3)nc12. The standard InChI is InChI=1S/C22H13ClF3N3O/c23-19-10-8-16(12-27-19)28-21(30)17-6-2-3-13-7-9-18(29-20(13)17)14-4-1-5-15(11-14)22(24,25)26/h1-12H,(H,28,30). The summed E-state index contributed by atoms with van der Waals surface area (Å²) in [7, 11) is 0. The number of anilines is 1. The minimum absolute atomic E-state index is 0.288. The Morgan fingerprint density at radius 3 is 2.50 bits per heavy atom. The zero-order valence-electron chi connectivity index (χ0n) is 15.2. The maximum absolute atomic E-state index is 13.1. The largest absolute Gasteiger partial charge is 0.416 e. The predicted octanol–water partition coefficient (Wildman–Crippen LogP) is 6.22. The Morgan fingerprint density at radius 2 is 1.77 bits per heavy atom. The molecule has 0 atom stereocenters. The molecule has 0 saturated carbocycles. The number of carbonyl (C=O) groups is 1. The Labute approximate surface area is 174 Å². The number of hydrogen-bond donors (Lipinski definition) is 1. The van der Waals surface area contributed by atoms with E-state index in [0.29, 0.717) is 33.0 Å². The van der Waals surface area contributed by atoms with E-state index in [1.807, 2.05) is 0 Å². The molecule has 150 valence electrons. The maximum Gasteiger partial charge on any atom is 0.416 e. The zero-order chi connectivity index (χ0) is 21.3. The first-order valence-electron chi connectivity index (χ1n) is 8.81. The molecular formula is C22H13ClF3N3O. The van der Waals surface area contributed by atoms with Gasteiger partial charge in [0.2, 0.25) is 0 Å². The minimum Gasteiger partial charge on any atom is -0.321 e. The molecule has 0 aliphatic rings. The molecule has 2 aromatic carbocycles. The lowest BCUT2D eigenvalue weighted by molar-refractivity contribution is -0.137. The predicted molar refractivity (Wildman–Crippen MR) is 109 cm³/mol. The molecule has 2 aromatic heterocycles. The molecule has 8 heteroatoms. The number of pyridine rings is 2. The van der Waals surface area contributed by atoms with E-state index in [0.717, 1.165) is 12.1 Å². The smallest absolute Gasteiger partial charge is 0.321 e. The van der Waals surface area contributed by atoms with Crippen LogP contribution in [0.15, 0.2) is 72.9 Å². The molecule has 0 spiro atoms. The van der Waals surface area contributed by atoms with Crippen LogP contribution in [0.25, 0.3) is 22.2 Å². The van der Waals surface area contributed by atoms with E-state index in [9.17, 15) is 18.0 Å². The van der Waals surface area contributed by atoms with Gasteiger partial charge in [-0.25, -0.2) is 9.97 Å². The molecule has 1 N–H and O–H groups in total. The molecule has 2 heterocycles. The summed E-state index contributed by atoms with van der Waals surface area (Å²) in [5.41, 5.74) is 1.01. The molecule has 4 rings (SSSR count). The average molecular weight is 428 g/mol. The Hall–Kier alpha value is -3.45. The number of benzene rings is 2. The van der Waals surface area contributed by atoms with Crippen molar-refractivity contribution >= 4 is 34.1 Å². The van der Waals surface area contributed by atoms with Gasteiger partial charge in [-0.3, -0.25) is 4.79 Å². The van der Waals surface area contributed by atoms with Crippen LogP contribution in [-0.4, -0.2) is 15.9 Å². The van der Waals surface area contributed by atoms with Gasteiger partial charge in [0.25, 0.3) is 5.91 Å². The quantitative estimate of drug-likeness (QED) is 0.395. The third-order valence-electron chi connectivity index (χ3n) is 4.44. The van der Waals surface area contributed by atoms with Gasteiger partial charge in [0.15, 0.2) is 0 Å². The van der Waals surface area contributed by atoms with Gasteiger partial charge >= 0.3 is 6.18 Å². The zero-order valence-corrected chi connectivity index (χ0v) is 16.0. The normalized spacial score (nSPS) is 11.5. The lowest BCUT2D eigenvalue weighted by atomic mass is 10.0. The number of amides is 1. The number of rotatable bonds is 3. The second-order valence-corrected chi connectivity index (χ2v) is 6.86. The monoisotopic (exact) mass is 427 g/mol. The van der Waals surface area contributed by atoms with Crippen LogP contribution in [0.2, 0.25) is 5.15 Å². The summed E-state index contributed by atoms with van der Waals surface area (Å²) < 4.78 is 39.2. The van der Waals surface area contributed by atoms with Crippen LogP contribution in [0.1, 0.15) is 15.9 Å². The number of nitrogens with zero attached hydrogens (tertiary/aromatic N) is 2. The minimum atomic E-state index is -4.45. The molecule has 0 saturated heterocycles. The van der Waals surface area contributed by atoms with Crippen molar-refractivity contribution in [1.82, 2.24) is 9.97 Å². The van der Waals surface area contributed by atoms with E-state index < -0.39 is 17.6 Å². The Morgan fingerprint density at radius 1 is 0.967 bits per heavy atom. The molecule has 30 heavy (non-hydrogen) atoms. The second-order valence-electron chi connectivity index (χ2n) is 6.48. The van der Waals surface area contributed by atoms with Crippen molar-refractivity contribution in [3.8, 4) is 11.3 Å². The lowest BCUT2D eigenvalue weighted by Gasteiger charge is -2.11. The molecule has 0 unspecified atom stereocenters. The Kier molecular flexibility index (Phi) is 5.13. The first kappa shape index (κ1) is 19.8. The van der Waals surface area contributed by atoms with Crippen LogP contribution >= 0.6 is 11.6 Å². The molecule has 0 aliphatic heterocycles. The molecule has 0 aliphatic carbocycles.